The molecule has 0 aliphatic carbocycles. The Balaban J connectivity index is 2.03. The van der Waals surface area contributed by atoms with Gasteiger partial charge in [-0.15, -0.1) is 0 Å². The average molecular weight is 568 g/mol. The summed E-state index contributed by atoms with van der Waals surface area (Å²) in [5.74, 6) is -4.01. The fourth-order valence-corrected chi connectivity index (χ4v) is 6.16. The largest absolute Gasteiger partial charge is 0.478 e. The van der Waals surface area contributed by atoms with Crippen molar-refractivity contribution >= 4 is 98.8 Å². The monoisotopic (exact) mass is 566 g/mol. The van der Waals surface area contributed by atoms with Crippen molar-refractivity contribution < 1.29 is 34.1 Å². The molecule has 6 rings (SSSR count). The Hall–Kier alpha value is -3.56. The second-order valence-electron chi connectivity index (χ2n) is 7.67. The maximum Gasteiger partial charge on any atom is 0.346 e. The summed E-state index contributed by atoms with van der Waals surface area (Å²) in [4.78, 5) is 49.0. The Morgan fingerprint density at radius 3 is 1.82 bits per heavy atom. The molecule has 1 aliphatic rings. The van der Waals surface area contributed by atoms with E-state index >= 15 is 0 Å². The molecule has 5 aromatic carbocycles. The van der Waals surface area contributed by atoms with Crippen LogP contribution in [0.2, 0.25) is 0 Å². The highest BCUT2D eigenvalue weighted by Crippen LogP contribution is 2.49. The number of benzene rings is 5. The highest BCUT2D eigenvalue weighted by Gasteiger charge is 2.32. The first-order valence-corrected chi connectivity index (χ1v) is 11.1. The normalized spacial score (nSPS) is 13.4. The summed E-state index contributed by atoms with van der Waals surface area (Å²) in [7, 11) is 0. The lowest BCUT2D eigenvalue weighted by atomic mass is 9.84. The van der Waals surface area contributed by atoms with E-state index in [1.165, 1.54) is 12.1 Å². The Bertz CT molecular complexity index is 1800. The number of fused-ring (bicyclic) bond motifs is 2. The molecule has 0 fully saturated rings. The quantitative estimate of drug-likeness (QED) is 0.117. The van der Waals surface area contributed by atoms with Crippen LogP contribution < -0.4 is 0 Å². The van der Waals surface area contributed by atoms with E-state index in [1.54, 1.807) is 24.3 Å². The van der Waals surface area contributed by atoms with E-state index in [0.29, 0.717) is 46.6 Å². The van der Waals surface area contributed by atoms with Gasteiger partial charge in [0.15, 0.2) is 0 Å². The zero-order chi connectivity index (χ0) is 23.3. The molecule has 0 unspecified atom stereocenters. The van der Waals surface area contributed by atoms with Gasteiger partial charge < -0.3 is 14.9 Å². The van der Waals surface area contributed by atoms with Crippen molar-refractivity contribution in [3.8, 4) is 0 Å². The Morgan fingerprint density at radius 2 is 1.18 bits per heavy atom. The first-order chi connectivity index (χ1) is 15.7. The third kappa shape index (κ3) is 2.43. The summed E-state index contributed by atoms with van der Waals surface area (Å²) < 4.78 is 5.86. The van der Waals surface area contributed by atoms with Gasteiger partial charge in [-0.3, -0.25) is 0 Å². The molecule has 0 amide bonds. The Labute approximate surface area is 200 Å². The van der Waals surface area contributed by atoms with E-state index in [4.69, 9.17) is 4.74 Å². The summed E-state index contributed by atoms with van der Waals surface area (Å²) in [5, 5.41) is 23.7. The SMILES string of the molecule is O=C(O)c1ccc2c3c(Br)cc4c5c(ccc(c6c(Br)cc(C(=O)O)c1c26)c53)C(=O)OC4=O. The van der Waals surface area contributed by atoms with Crippen molar-refractivity contribution in [3.63, 3.8) is 0 Å². The van der Waals surface area contributed by atoms with Crippen LogP contribution in [0.4, 0.5) is 0 Å². The first-order valence-electron chi connectivity index (χ1n) is 9.53. The molecule has 5 aromatic rings. The van der Waals surface area contributed by atoms with E-state index in [9.17, 15) is 29.4 Å². The number of aromatic carboxylic acids is 2. The van der Waals surface area contributed by atoms with Crippen LogP contribution in [0.1, 0.15) is 41.4 Å². The molecule has 33 heavy (non-hydrogen) atoms. The number of hydrogen-bond donors (Lipinski definition) is 2. The molecule has 0 saturated carbocycles. The van der Waals surface area contributed by atoms with Gasteiger partial charge in [0.1, 0.15) is 0 Å². The molecule has 1 heterocycles. The van der Waals surface area contributed by atoms with E-state index in [-0.39, 0.29) is 27.6 Å². The number of esters is 2. The second kappa shape index (κ2) is 6.49. The molecule has 0 saturated heterocycles. The molecule has 0 spiro atoms. The van der Waals surface area contributed by atoms with Gasteiger partial charge in [-0.2, -0.15) is 0 Å². The third-order valence-electron chi connectivity index (χ3n) is 6.09. The van der Waals surface area contributed by atoms with Crippen LogP contribution in [-0.4, -0.2) is 34.1 Å². The van der Waals surface area contributed by atoms with Gasteiger partial charge in [0.05, 0.1) is 22.3 Å². The number of carbonyl (C=O) groups is 4. The maximum absolute atomic E-state index is 12.5. The van der Waals surface area contributed by atoms with Crippen molar-refractivity contribution in [1.29, 1.82) is 0 Å². The van der Waals surface area contributed by atoms with Crippen molar-refractivity contribution in [1.82, 2.24) is 0 Å². The van der Waals surface area contributed by atoms with Gasteiger partial charge in [-0.05, 0) is 35.0 Å². The molecule has 2 N–H and O–H groups in total. The Morgan fingerprint density at radius 1 is 0.636 bits per heavy atom. The van der Waals surface area contributed by atoms with E-state index in [0.717, 1.165) is 0 Å². The summed E-state index contributed by atoms with van der Waals surface area (Å²) >= 11 is 6.99. The number of halogens is 2. The predicted octanol–water partition coefficient (Wildman–Crippen LogP) is 5.97. The van der Waals surface area contributed by atoms with Gasteiger partial charge in [0.25, 0.3) is 0 Å². The first kappa shape index (κ1) is 20.1. The minimum absolute atomic E-state index is 0.104. The fourth-order valence-electron chi connectivity index (χ4n) is 4.88. The standard InChI is InChI=1S/C24H8Br2O7/c25-13-5-11(22(29)30)15-9(21(27)28)3-1-7-18-14(26)6-12-16-10(23(31)33-24(12)32)4-2-8(20(16)18)17(13)19(7)15/h1-6H,(H,27,28)(H,29,30). The lowest BCUT2D eigenvalue weighted by Crippen LogP contribution is -2.20. The van der Waals surface area contributed by atoms with E-state index in [2.05, 4.69) is 31.9 Å². The molecule has 1 aliphatic heterocycles. The smallest absolute Gasteiger partial charge is 0.346 e. The van der Waals surface area contributed by atoms with Gasteiger partial charge in [-0.25, -0.2) is 19.2 Å². The molecule has 7 nitrogen and oxygen atoms in total. The van der Waals surface area contributed by atoms with Crippen molar-refractivity contribution in [2.24, 2.45) is 0 Å². The molecule has 160 valence electrons. The molecule has 0 bridgehead atoms. The number of cyclic esters (lactones) is 2. The van der Waals surface area contributed by atoms with Crippen LogP contribution in [0, 0.1) is 0 Å². The second-order valence-corrected chi connectivity index (χ2v) is 9.38. The summed E-state index contributed by atoms with van der Waals surface area (Å²) in [6.45, 7) is 0. The lowest BCUT2D eigenvalue weighted by molar-refractivity contribution is 0.0390. The van der Waals surface area contributed by atoms with Crippen molar-refractivity contribution in [2.45, 2.75) is 0 Å². The maximum atomic E-state index is 12.5. The average Bonchev–Trinajstić information content (AvgIpc) is 2.76. The molecular formula is C24H8Br2O7. The molecule has 9 heteroatoms. The molecule has 0 aromatic heterocycles. The predicted molar refractivity (Wildman–Crippen MR) is 127 cm³/mol. The summed E-state index contributed by atoms with van der Waals surface area (Å²) in [6, 6.07) is 9.20. The fraction of sp³-hybridized carbons (Fsp3) is 0. The number of carbonyl (C=O) groups excluding carboxylic acids is 2. The number of hydrogen-bond acceptors (Lipinski definition) is 5. The van der Waals surface area contributed by atoms with Gasteiger partial charge in [0, 0.05) is 41.3 Å². The topological polar surface area (TPSA) is 118 Å². The highest BCUT2D eigenvalue weighted by atomic mass is 79.9. The van der Waals surface area contributed by atoms with Crippen LogP contribution in [0.3, 0.4) is 0 Å². The number of ether oxygens (including phenoxy) is 1. The number of carboxylic acid groups (broad SMARTS) is 2. The van der Waals surface area contributed by atoms with Crippen molar-refractivity contribution in [2.75, 3.05) is 0 Å². The van der Waals surface area contributed by atoms with Gasteiger partial charge >= 0.3 is 23.9 Å². The number of rotatable bonds is 2. The minimum Gasteiger partial charge on any atom is -0.478 e. The third-order valence-corrected chi connectivity index (χ3v) is 7.34. The van der Waals surface area contributed by atoms with Crippen molar-refractivity contribution in [3.05, 3.63) is 67.6 Å². The van der Waals surface area contributed by atoms with Crippen LogP contribution in [0.5, 0.6) is 0 Å². The molecule has 0 radical (unpaired) electrons. The summed E-state index contributed by atoms with van der Waals surface area (Å²) in [6.07, 6.45) is 0. The zero-order valence-corrected chi connectivity index (χ0v) is 19.3. The molecular weight excluding hydrogens is 560 g/mol. The van der Waals surface area contributed by atoms with Gasteiger partial charge in [-0.1, -0.05) is 44.0 Å². The highest BCUT2D eigenvalue weighted by molar-refractivity contribution is 9.11. The van der Waals surface area contributed by atoms with Crippen LogP contribution >= 0.6 is 31.9 Å². The lowest BCUT2D eigenvalue weighted by Gasteiger charge is -2.22. The zero-order valence-electron chi connectivity index (χ0n) is 16.2. The molecule has 0 atom stereocenters. The van der Waals surface area contributed by atoms with Crippen LogP contribution in [-0.2, 0) is 4.74 Å². The van der Waals surface area contributed by atoms with E-state index in [1.807, 2.05) is 0 Å². The minimum atomic E-state index is -1.26. The van der Waals surface area contributed by atoms with Gasteiger partial charge in [0.2, 0.25) is 0 Å². The summed E-state index contributed by atoms with van der Waals surface area (Å²) in [5.41, 5.74) is 0.196. The Kier molecular flexibility index (Phi) is 3.95. The van der Waals surface area contributed by atoms with Crippen LogP contribution in [0.25, 0.3) is 43.1 Å². The van der Waals surface area contributed by atoms with Crippen LogP contribution in [0.15, 0.2) is 45.3 Å². The number of carboxylic acids is 2. The van der Waals surface area contributed by atoms with E-state index < -0.39 is 23.9 Å².